The molecule has 0 bridgehead atoms. The number of carbonyl (C=O) groups is 1. The molecule has 1 aliphatic carbocycles. The molecule has 0 amide bonds. The van der Waals surface area contributed by atoms with Crippen LogP contribution in [0.1, 0.15) is 24.8 Å². The molecular weight excluding hydrogens is 279 g/mol. The number of nitro benzene ring substituents is 1. The van der Waals surface area contributed by atoms with Gasteiger partial charge in [0.05, 0.1) is 16.9 Å². The van der Waals surface area contributed by atoms with Gasteiger partial charge in [0.25, 0.3) is 5.69 Å². The zero-order valence-electron chi connectivity index (χ0n) is 11.4. The molecule has 2 unspecified atom stereocenters. The van der Waals surface area contributed by atoms with E-state index in [9.17, 15) is 19.3 Å². The van der Waals surface area contributed by atoms with Crippen LogP contribution in [-0.2, 0) is 11.3 Å². The molecule has 0 radical (unpaired) electrons. The number of nitrogens with one attached hydrogen (secondary N) is 1. The monoisotopic (exact) mass is 296 g/mol. The lowest BCUT2D eigenvalue weighted by Gasteiger charge is -2.16. The third-order valence-electron chi connectivity index (χ3n) is 3.87. The maximum Gasteiger partial charge on any atom is 0.306 e. The van der Waals surface area contributed by atoms with Gasteiger partial charge in [-0.25, -0.2) is 4.39 Å². The zero-order chi connectivity index (χ0) is 15.4. The lowest BCUT2D eigenvalue weighted by Crippen LogP contribution is -2.28. The maximum atomic E-state index is 13.3. The summed E-state index contributed by atoms with van der Waals surface area (Å²) in [4.78, 5) is 21.1. The first-order valence-corrected chi connectivity index (χ1v) is 6.84. The normalized spacial score (nSPS) is 21.4. The van der Waals surface area contributed by atoms with Gasteiger partial charge in [0.1, 0.15) is 5.82 Å². The fourth-order valence-corrected chi connectivity index (χ4v) is 2.85. The van der Waals surface area contributed by atoms with Gasteiger partial charge in [0.15, 0.2) is 0 Å². The number of hydrogen-bond acceptors (Lipinski definition) is 4. The molecule has 1 saturated carbocycles. The van der Waals surface area contributed by atoms with Gasteiger partial charge in [-0.05, 0) is 36.9 Å². The number of carboxylic acid groups (broad SMARTS) is 1. The minimum atomic E-state index is -0.777. The van der Waals surface area contributed by atoms with Gasteiger partial charge < -0.3 is 10.4 Å². The number of rotatable bonds is 6. The van der Waals surface area contributed by atoms with Crippen molar-refractivity contribution < 1.29 is 19.2 Å². The van der Waals surface area contributed by atoms with Gasteiger partial charge in [-0.2, -0.15) is 0 Å². The lowest BCUT2D eigenvalue weighted by molar-refractivity contribution is -0.385. The first-order chi connectivity index (χ1) is 9.97. The highest BCUT2D eigenvalue weighted by molar-refractivity contribution is 5.70. The SMILES string of the molecule is O=C(O)C1CCCC1CNCc1cc(F)cc([N+](=O)[O-])c1. The predicted octanol–water partition coefficient (Wildman–Crippen LogP) is 2.32. The summed E-state index contributed by atoms with van der Waals surface area (Å²) in [6.07, 6.45) is 2.44. The van der Waals surface area contributed by atoms with Crippen molar-refractivity contribution in [2.45, 2.75) is 25.8 Å². The van der Waals surface area contributed by atoms with E-state index in [1.807, 2.05) is 0 Å². The third kappa shape index (κ3) is 3.98. The summed E-state index contributed by atoms with van der Waals surface area (Å²) >= 11 is 0. The quantitative estimate of drug-likeness (QED) is 0.621. The number of carboxylic acids is 1. The Bertz CT molecular complexity index is 550. The van der Waals surface area contributed by atoms with Gasteiger partial charge in [0.2, 0.25) is 0 Å². The standard InChI is InChI=1S/C14H17FN2O4/c15-11-4-9(5-12(6-11)17(20)21)7-16-8-10-2-1-3-13(10)14(18)19/h4-6,10,13,16H,1-3,7-8H2,(H,18,19). The van der Waals surface area contributed by atoms with Crippen LogP contribution in [0, 0.1) is 27.8 Å². The van der Waals surface area contributed by atoms with Crippen LogP contribution < -0.4 is 5.32 Å². The average Bonchev–Trinajstić information content (AvgIpc) is 2.86. The molecular formula is C14H17FN2O4. The van der Waals surface area contributed by atoms with Crippen molar-refractivity contribution >= 4 is 11.7 Å². The van der Waals surface area contributed by atoms with Gasteiger partial charge >= 0.3 is 5.97 Å². The molecule has 1 aromatic carbocycles. The van der Waals surface area contributed by atoms with Crippen molar-refractivity contribution in [3.05, 3.63) is 39.7 Å². The van der Waals surface area contributed by atoms with Crippen LogP contribution >= 0.6 is 0 Å². The Morgan fingerprint density at radius 3 is 2.86 bits per heavy atom. The second-order valence-electron chi connectivity index (χ2n) is 5.34. The van der Waals surface area contributed by atoms with Crippen molar-refractivity contribution in [2.24, 2.45) is 11.8 Å². The molecule has 1 aliphatic rings. The molecule has 21 heavy (non-hydrogen) atoms. The van der Waals surface area contributed by atoms with E-state index < -0.39 is 16.7 Å². The number of aliphatic carboxylic acids is 1. The first kappa shape index (κ1) is 15.4. The number of nitrogens with zero attached hydrogens (tertiary/aromatic N) is 1. The minimum Gasteiger partial charge on any atom is -0.481 e. The Kier molecular flexibility index (Phi) is 4.85. The molecule has 1 aromatic rings. The largest absolute Gasteiger partial charge is 0.481 e. The number of nitro groups is 1. The van der Waals surface area contributed by atoms with E-state index in [0.717, 1.165) is 18.9 Å². The lowest BCUT2D eigenvalue weighted by atomic mass is 9.96. The van der Waals surface area contributed by atoms with Crippen LogP contribution in [0.15, 0.2) is 18.2 Å². The van der Waals surface area contributed by atoms with Crippen molar-refractivity contribution in [3.63, 3.8) is 0 Å². The molecule has 2 rings (SSSR count). The molecule has 2 N–H and O–H groups in total. The highest BCUT2D eigenvalue weighted by Crippen LogP contribution is 2.31. The third-order valence-corrected chi connectivity index (χ3v) is 3.87. The summed E-state index contributed by atoms with van der Waals surface area (Å²) in [5, 5.41) is 22.8. The van der Waals surface area contributed by atoms with E-state index >= 15 is 0 Å². The number of halogens is 1. The Morgan fingerprint density at radius 1 is 1.43 bits per heavy atom. The minimum absolute atomic E-state index is 0.0612. The molecule has 6 nitrogen and oxygen atoms in total. The van der Waals surface area contributed by atoms with Gasteiger partial charge in [-0.1, -0.05) is 6.42 Å². The molecule has 0 saturated heterocycles. The molecule has 2 atom stereocenters. The summed E-state index contributed by atoms with van der Waals surface area (Å²) in [6, 6.07) is 3.43. The van der Waals surface area contributed by atoms with Crippen molar-refractivity contribution in [2.75, 3.05) is 6.54 Å². The van der Waals surface area contributed by atoms with Gasteiger partial charge in [0, 0.05) is 12.6 Å². The number of non-ortho nitro benzene ring substituents is 1. The molecule has 0 aromatic heterocycles. The average molecular weight is 296 g/mol. The van der Waals surface area contributed by atoms with Crippen molar-refractivity contribution in [3.8, 4) is 0 Å². The number of hydrogen-bond donors (Lipinski definition) is 2. The van der Waals surface area contributed by atoms with Gasteiger partial charge in [-0.3, -0.25) is 14.9 Å². The van der Waals surface area contributed by atoms with Crippen LogP contribution in [0.5, 0.6) is 0 Å². The highest BCUT2D eigenvalue weighted by atomic mass is 19.1. The molecule has 0 aliphatic heterocycles. The number of benzene rings is 1. The second-order valence-corrected chi connectivity index (χ2v) is 5.34. The van der Waals surface area contributed by atoms with Crippen LogP contribution in [0.4, 0.5) is 10.1 Å². The Labute approximate surface area is 121 Å². The van der Waals surface area contributed by atoms with E-state index in [1.54, 1.807) is 0 Å². The van der Waals surface area contributed by atoms with Gasteiger partial charge in [-0.15, -0.1) is 0 Å². The van der Waals surface area contributed by atoms with Crippen molar-refractivity contribution in [1.82, 2.24) is 5.32 Å². The van der Waals surface area contributed by atoms with E-state index in [4.69, 9.17) is 5.11 Å². The Hall–Kier alpha value is -2.02. The summed E-state index contributed by atoms with van der Waals surface area (Å²) < 4.78 is 13.3. The second kappa shape index (κ2) is 6.62. The van der Waals surface area contributed by atoms with Crippen molar-refractivity contribution in [1.29, 1.82) is 0 Å². The molecule has 114 valence electrons. The summed E-state index contributed by atoms with van der Waals surface area (Å²) in [5.74, 6) is -1.70. The summed E-state index contributed by atoms with van der Waals surface area (Å²) in [6.45, 7) is 0.794. The van der Waals surface area contributed by atoms with Crippen LogP contribution in [0.25, 0.3) is 0 Å². The van der Waals surface area contributed by atoms with Crippen LogP contribution in [0.2, 0.25) is 0 Å². The van der Waals surface area contributed by atoms with E-state index in [0.29, 0.717) is 18.5 Å². The summed E-state index contributed by atoms with van der Waals surface area (Å²) in [7, 11) is 0. The van der Waals surface area contributed by atoms with E-state index in [2.05, 4.69) is 5.32 Å². The topological polar surface area (TPSA) is 92.5 Å². The van der Waals surface area contributed by atoms with E-state index in [-0.39, 0.29) is 24.1 Å². The molecule has 7 heteroatoms. The first-order valence-electron chi connectivity index (χ1n) is 6.84. The maximum absolute atomic E-state index is 13.3. The van der Waals surface area contributed by atoms with Crippen LogP contribution in [0.3, 0.4) is 0 Å². The Morgan fingerprint density at radius 2 is 2.19 bits per heavy atom. The summed E-state index contributed by atoms with van der Waals surface area (Å²) in [5.41, 5.74) is 0.197. The van der Waals surface area contributed by atoms with Crippen LogP contribution in [-0.4, -0.2) is 22.5 Å². The molecule has 0 heterocycles. The molecule has 1 fully saturated rings. The smallest absolute Gasteiger partial charge is 0.306 e. The fourth-order valence-electron chi connectivity index (χ4n) is 2.85. The predicted molar refractivity (Wildman–Crippen MR) is 73.2 cm³/mol. The van der Waals surface area contributed by atoms with E-state index in [1.165, 1.54) is 12.1 Å². The molecule has 0 spiro atoms. The highest BCUT2D eigenvalue weighted by Gasteiger charge is 2.32. The Balaban J connectivity index is 1.91. The fraction of sp³-hybridized carbons (Fsp3) is 0.500. The zero-order valence-corrected chi connectivity index (χ0v) is 11.4.